The van der Waals surface area contributed by atoms with Crippen LogP contribution in [-0.2, 0) is 17.8 Å². The molecular formula is C23H23N5O2. The highest BCUT2D eigenvalue weighted by Crippen LogP contribution is 2.24. The van der Waals surface area contributed by atoms with Crippen LogP contribution in [0.25, 0.3) is 11.4 Å². The number of hydrogen-bond acceptors (Lipinski definition) is 5. The van der Waals surface area contributed by atoms with Crippen LogP contribution >= 0.6 is 0 Å². The zero-order chi connectivity index (χ0) is 20.9. The van der Waals surface area contributed by atoms with Crippen molar-refractivity contribution in [3.8, 4) is 23.2 Å². The topological polar surface area (TPSA) is 92.8 Å². The minimum Gasteiger partial charge on any atom is -0.481 e. The Hall–Kier alpha value is -3.66. The van der Waals surface area contributed by atoms with E-state index < -0.39 is 6.10 Å². The fourth-order valence-electron chi connectivity index (χ4n) is 3.51. The summed E-state index contributed by atoms with van der Waals surface area (Å²) in [6.45, 7) is 2.63. The Bertz CT molecular complexity index is 1060. The van der Waals surface area contributed by atoms with Gasteiger partial charge in [-0.2, -0.15) is 5.26 Å². The van der Waals surface area contributed by atoms with Gasteiger partial charge in [0.25, 0.3) is 5.91 Å². The normalized spacial score (nSPS) is 14.1. The number of nitriles is 1. The van der Waals surface area contributed by atoms with Gasteiger partial charge in [-0.3, -0.25) is 4.79 Å². The van der Waals surface area contributed by atoms with Gasteiger partial charge in [-0.05, 0) is 68.3 Å². The van der Waals surface area contributed by atoms with E-state index in [1.54, 1.807) is 31.2 Å². The number of benzene rings is 2. The number of nitrogens with one attached hydrogen (secondary N) is 1. The van der Waals surface area contributed by atoms with Crippen molar-refractivity contribution in [1.82, 2.24) is 14.8 Å². The SMILES string of the molecule is C[C@H](Oc1ccc(C#N)cc1)C(=O)Nc1ccc(-c2nnc3n2CCCCC3)cc1. The van der Waals surface area contributed by atoms with E-state index in [9.17, 15) is 4.79 Å². The number of ether oxygens (including phenoxy) is 1. The predicted molar refractivity (Wildman–Crippen MR) is 113 cm³/mol. The molecule has 1 aromatic heterocycles. The molecule has 0 fully saturated rings. The van der Waals surface area contributed by atoms with Crippen LogP contribution in [0.5, 0.6) is 5.75 Å². The Balaban J connectivity index is 1.40. The van der Waals surface area contributed by atoms with Gasteiger partial charge in [0.15, 0.2) is 11.9 Å². The van der Waals surface area contributed by atoms with Crippen molar-refractivity contribution in [2.24, 2.45) is 0 Å². The Labute approximate surface area is 175 Å². The average molecular weight is 401 g/mol. The zero-order valence-electron chi connectivity index (χ0n) is 16.8. The van der Waals surface area contributed by atoms with Gasteiger partial charge in [0, 0.05) is 24.2 Å². The van der Waals surface area contributed by atoms with Gasteiger partial charge in [-0.1, -0.05) is 6.42 Å². The monoisotopic (exact) mass is 401 g/mol. The van der Waals surface area contributed by atoms with E-state index in [1.165, 1.54) is 6.42 Å². The summed E-state index contributed by atoms with van der Waals surface area (Å²) in [4.78, 5) is 12.5. The quantitative estimate of drug-likeness (QED) is 0.699. The van der Waals surface area contributed by atoms with Crippen molar-refractivity contribution in [3.05, 3.63) is 59.9 Å². The molecule has 7 heteroatoms. The maximum absolute atomic E-state index is 12.5. The Morgan fingerprint density at radius 3 is 2.60 bits per heavy atom. The van der Waals surface area contributed by atoms with Crippen LogP contribution in [0.4, 0.5) is 5.69 Å². The molecule has 4 rings (SSSR count). The summed E-state index contributed by atoms with van der Waals surface area (Å²) >= 11 is 0. The van der Waals surface area contributed by atoms with Crippen molar-refractivity contribution in [3.63, 3.8) is 0 Å². The number of amides is 1. The van der Waals surface area contributed by atoms with Gasteiger partial charge in [0.1, 0.15) is 11.6 Å². The number of rotatable bonds is 5. The van der Waals surface area contributed by atoms with Crippen LogP contribution < -0.4 is 10.1 Å². The Morgan fingerprint density at radius 2 is 1.87 bits per heavy atom. The van der Waals surface area contributed by atoms with Crippen molar-refractivity contribution in [2.75, 3.05) is 5.32 Å². The second-order valence-corrected chi connectivity index (χ2v) is 7.36. The fourth-order valence-corrected chi connectivity index (χ4v) is 3.51. The summed E-state index contributed by atoms with van der Waals surface area (Å²) in [6.07, 6.45) is 3.81. The Kier molecular flexibility index (Phi) is 5.75. The molecular weight excluding hydrogens is 378 g/mol. The van der Waals surface area contributed by atoms with Gasteiger partial charge >= 0.3 is 0 Å². The molecule has 2 heterocycles. The molecule has 1 N–H and O–H groups in total. The number of hydrogen-bond donors (Lipinski definition) is 1. The second-order valence-electron chi connectivity index (χ2n) is 7.36. The first-order valence-corrected chi connectivity index (χ1v) is 10.1. The fraction of sp³-hybridized carbons (Fsp3) is 0.304. The largest absolute Gasteiger partial charge is 0.481 e. The minimum absolute atomic E-state index is 0.247. The molecule has 30 heavy (non-hydrogen) atoms. The molecule has 0 saturated heterocycles. The molecule has 3 aromatic rings. The lowest BCUT2D eigenvalue weighted by atomic mass is 10.2. The van der Waals surface area contributed by atoms with E-state index in [4.69, 9.17) is 10.00 Å². The first-order chi connectivity index (χ1) is 14.6. The third kappa shape index (κ3) is 4.33. The highest BCUT2D eigenvalue weighted by atomic mass is 16.5. The van der Waals surface area contributed by atoms with Gasteiger partial charge in [-0.15, -0.1) is 10.2 Å². The second kappa shape index (κ2) is 8.78. The van der Waals surface area contributed by atoms with Crippen LogP contribution in [0.2, 0.25) is 0 Å². The first kappa shape index (κ1) is 19.6. The van der Waals surface area contributed by atoms with Crippen molar-refractivity contribution in [1.29, 1.82) is 5.26 Å². The number of fused-ring (bicyclic) bond motifs is 1. The number of anilines is 1. The van der Waals surface area contributed by atoms with E-state index >= 15 is 0 Å². The van der Waals surface area contributed by atoms with Gasteiger partial charge < -0.3 is 14.6 Å². The summed E-state index contributed by atoms with van der Waals surface area (Å²) in [5.41, 5.74) is 2.22. The van der Waals surface area contributed by atoms with E-state index in [-0.39, 0.29) is 5.91 Å². The lowest BCUT2D eigenvalue weighted by molar-refractivity contribution is -0.122. The average Bonchev–Trinajstić information content (AvgIpc) is 3.02. The number of aryl methyl sites for hydroxylation is 1. The molecule has 1 atom stereocenters. The van der Waals surface area contributed by atoms with Crippen molar-refractivity contribution < 1.29 is 9.53 Å². The molecule has 1 aliphatic heterocycles. The van der Waals surface area contributed by atoms with Crippen LogP contribution in [0.1, 0.15) is 37.6 Å². The van der Waals surface area contributed by atoms with E-state index in [2.05, 4.69) is 26.2 Å². The van der Waals surface area contributed by atoms with Crippen molar-refractivity contribution >= 4 is 11.6 Å². The lowest BCUT2D eigenvalue weighted by Gasteiger charge is -2.15. The molecule has 0 aliphatic carbocycles. The summed E-state index contributed by atoms with van der Waals surface area (Å²) in [7, 11) is 0. The van der Waals surface area contributed by atoms with Crippen LogP contribution in [-0.4, -0.2) is 26.8 Å². The molecule has 7 nitrogen and oxygen atoms in total. The maximum Gasteiger partial charge on any atom is 0.265 e. The molecule has 0 saturated carbocycles. The summed E-state index contributed by atoms with van der Waals surface area (Å²) < 4.78 is 7.86. The van der Waals surface area contributed by atoms with E-state index in [0.29, 0.717) is 17.0 Å². The standard InChI is InChI=1S/C23H23N5O2/c1-16(30-20-12-6-17(15-24)7-13-20)23(29)25-19-10-8-18(9-11-19)22-27-26-21-5-3-2-4-14-28(21)22/h6-13,16H,2-5,14H2,1H3,(H,25,29)/t16-/m0/s1. The first-order valence-electron chi connectivity index (χ1n) is 10.1. The van der Waals surface area contributed by atoms with Crippen molar-refractivity contribution in [2.45, 2.75) is 45.3 Å². The molecule has 152 valence electrons. The Morgan fingerprint density at radius 1 is 1.10 bits per heavy atom. The third-order valence-corrected chi connectivity index (χ3v) is 5.19. The van der Waals surface area contributed by atoms with Crippen LogP contribution in [0.15, 0.2) is 48.5 Å². The minimum atomic E-state index is -0.676. The predicted octanol–water partition coefficient (Wildman–Crippen LogP) is 3.95. The summed E-state index contributed by atoms with van der Waals surface area (Å²) in [5, 5.41) is 20.4. The van der Waals surface area contributed by atoms with E-state index in [0.717, 1.165) is 43.0 Å². The molecule has 2 aromatic carbocycles. The van der Waals surface area contributed by atoms with Crippen LogP contribution in [0, 0.1) is 11.3 Å². The highest BCUT2D eigenvalue weighted by molar-refractivity contribution is 5.94. The molecule has 0 unspecified atom stereocenters. The van der Waals surface area contributed by atoms with Gasteiger partial charge in [0.05, 0.1) is 11.6 Å². The maximum atomic E-state index is 12.5. The molecule has 1 aliphatic rings. The number of nitrogens with zero attached hydrogens (tertiary/aromatic N) is 4. The number of aromatic nitrogens is 3. The summed E-state index contributed by atoms with van der Waals surface area (Å²) in [5.74, 6) is 2.22. The third-order valence-electron chi connectivity index (χ3n) is 5.19. The highest BCUT2D eigenvalue weighted by Gasteiger charge is 2.17. The van der Waals surface area contributed by atoms with E-state index in [1.807, 2.05) is 24.3 Å². The number of carbonyl (C=O) groups is 1. The lowest BCUT2D eigenvalue weighted by Crippen LogP contribution is -2.30. The van der Waals surface area contributed by atoms with Crippen LogP contribution in [0.3, 0.4) is 0 Å². The number of carbonyl (C=O) groups excluding carboxylic acids is 1. The van der Waals surface area contributed by atoms with Gasteiger partial charge in [-0.25, -0.2) is 0 Å². The molecule has 1 amide bonds. The summed E-state index contributed by atoms with van der Waals surface area (Å²) in [6, 6.07) is 16.3. The smallest absolute Gasteiger partial charge is 0.265 e. The molecule has 0 radical (unpaired) electrons. The molecule has 0 bridgehead atoms. The molecule has 0 spiro atoms. The van der Waals surface area contributed by atoms with Gasteiger partial charge in [0.2, 0.25) is 0 Å². The zero-order valence-corrected chi connectivity index (χ0v) is 16.8.